The number of hydrogen-bond acceptors (Lipinski definition) is 5. The van der Waals surface area contributed by atoms with Crippen LogP contribution in [0, 0.1) is 0 Å². The summed E-state index contributed by atoms with van der Waals surface area (Å²) in [5.41, 5.74) is 1.08. The predicted molar refractivity (Wildman–Crippen MR) is 106 cm³/mol. The number of rotatable bonds is 11. The molecule has 0 saturated carbocycles. The lowest BCUT2D eigenvalue weighted by Crippen LogP contribution is -2.37. The van der Waals surface area contributed by atoms with E-state index < -0.39 is 5.97 Å². The van der Waals surface area contributed by atoms with Gasteiger partial charge in [0, 0.05) is 6.04 Å². The Morgan fingerprint density at radius 3 is 2.07 bits per heavy atom. The molecule has 0 bridgehead atoms. The van der Waals surface area contributed by atoms with E-state index >= 15 is 0 Å². The van der Waals surface area contributed by atoms with Gasteiger partial charge < -0.3 is 19.5 Å². The molecule has 0 heterocycles. The lowest BCUT2D eigenvalue weighted by molar-refractivity contribution is -0.150. The van der Waals surface area contributed by atoms with Crippen molar-refractivity contribution < 1.29 is 23.8 Å². The highest BCUT2D eigenvalue weighted by atomic mass is 16.6. The van der Waals surface area contributed by atoms with E-state index in [1.165, 1.54) is 0 Å². The van der Waals surface area contributed by atoms with Crippen molar-refractivity contribution in [1.82, 2.24) is 5.32 Å². The summed E-state index contributed by atoms with van der Waals surface area (Å²) >= 11 is 0. The molecule has 0 aromatic heterocycles. The van der Waals surface area contributed by atoms with E-state index in [2.05, 4.69) is 5.32 Å². The molecule has 0 aliphatic carbocycles. The zero-order valence-electron chi connectivity index (χ0n) is 16.4. The number of hydrogen-bond donors (Lipinski definition) is 1. The summed E-state index contributed by atoms with van der Waals surface area (Å²) in [5, 5.41) is 2.80. The van der Waals surface area contributed by atoms with Gasteiger partial charge in [-0.1, -0.05) is 44.2 Å². The number of esters is 1. The SMILES string of the molecule is CCC(CC)NC(=O)COC(=O)COc1ccc(OCc2ccccc2)cc1. The number of amides is 1. The summed E-state index contributed by atoms with van der Waals surface area (Å²) in [6, 6.07) is 16.9. The second kappa shape index (κ2) is 11.6. The van der Waals surface area contributed by atoms with E-state index in [9.17, 15) is 9.59 Å². The van der Waals surface area contributed by atoms with Gasteiger partial charge in [-0.2, -0.15) is 0 Å². The maximum absolute atomic E-state index is 11.7. The van der Waals surface area contributed by atoms with E-state index in [-0.39, 0.29) is 25.2 Å². The van der Waals surface area contributed by atoms with Crippen LogP contribution in [0.2, 0.25) is 0 Å². The standard InChI is InChI=1S/C22H27NO5/c1-3-18(4-2)23-21(24)15-28-22(25)16-27-20-12-10-19(11-13-20)26-14-17-8-6-5-7-9-17/h5-13,18H,3-4,14-16H2,1-2H3,(H,23,24). The highest BCUT2D eigenvalue weighted by Gasteiger charge is 2.11. The van der Waals surface area contributed by atoms with Crippen molar-refractivity contribution in [3.05, 3.63) is 60.2 Å². The summed E-state index contributed by atoms with van der Waals surface area (Å²) in [4.78, 5) is 23.4. The first-order valence-corrected chi connectivity index (χ1v) is 9.45. The average Bonchev–Trinajstić information content (AvgIpc) is 2.74. The molecular formula is C22H27NO5. The van der Waals surface area contributed by atoms with E-state index in [0.717, 1.165) is 18.4 Å². The number of benzene rings is 2. The van der Waals surface area contributed by atoms with Crippen LogP contribution >= 0.6 is 0 Å². The van der Waals surface area contributed by atoms with Crippen LogP contribution in [0.1, 0.15) is 32.3 Å². The van der Waals surface area contributed by atoms with Gasteiger partial charge in [0.05, 0.1) is 0 Å². The molecule has 0 spiro atoms. The van der Waals surface area contributed by atoms with E-state index in [1.807, 2.05) is 44.2 Å². The first-order chi connectivity index (χ1) is 13.6. The Bertz CT molecular complexity index is 726. The van der Waals surface area contributed by atoms with Crippen molar-refractivity contribution in [1.29, 1.82) is 0 Å². The second-order valence-electron chi connectivity index (χ2n) is 6.28. The number of nitrogens with one attached hydrogen (secondary N) is 1. The molecule has 28 heavy (non-hydrogen) atoms. The highest BCUT2D eigenvalue weighted by Crippen LogP contribution is 2.18. The third-order valence-electron chi connectivity index (χ3n) is 4.14. The van der Waals surface area contributed by atoms with Crippen LogP contribution in [0.5, 0.6) is 11.5 Å². The van der Waals surface area contributed by atoms with Crippen LogP contribution in [-0.4, -0.2) is 31.1 Å². The Kier molecular flexibility index (Phi) is 8.85. The van der Waals surface area contributed by atoms with Gasteiger partial charge in [-0.3, -0.25) is 4.79 Å². The molecule has 1 N–H and O–H groups in total. The molecule has 6 heteroatoms. The Labute approximate surface area is 165 Å². The van der Waals surface area contributed by atoms with E-state index in [0.29, 0.717) is 18.1 Å². The first kappa shape index (κ1) is 21.3. The second-order valence-corrected chi connectivity index (χ2v) is 6.28. The quantitative estimate of drug-likeness (QED) is 0.600. The number of carbonyl (C=O) groups is 2. The van der Waals surface area contributed by atoms with Crippen molar-refractivity contribution in [3.63, 3.8) is 0 Å². The minimum atomic E-state index is -0.593. The maximum Gasteiger partial charge on any atom is 0.344 e. The zero-order valence-corrected chi connectivity index (χ0v) is 16.4. The Morgan fingerprint density at radius 1 is 0.857 bits per heavy atom. The van der Waals surface area contributed by atoms with Gasteiger partial charge in [-0.25, -0.2) is 4.79 Å². The first-order valence-electron chi connectivity index (χ1n) is 9.45. The van der Waals surface area contributed by atoms with Gasteiger partial charge in [0.1, 0.15) is 18.1 Å². The minimum Gasteiger partial charge on any atom is -0.489 e. The molecule has 0 unspecified atom stereocenters. The van der Waals surface area contributed by atoms with Crippen molar-refractivity contribution in [3.8, 4) is 11.5 Å². The van der Waals surface area contributed by atoms with Crippen LogP contribution in [0.25, 0.3) is 0 Å². The summed E-state index contributed by atoms with van der Waals surface area (Å²) in [6.45, 7) is 3.90. The molecule has 0 aliphatic heterocycles. The smallest absolute Gasteiger partial charge is 0.344 e. The summed E-state index contributed by atoms with van der Waals surface area (Å²) in [6.07, 6.45) is 1.68. The van der Waals surface area contributed by atoms with E-state index in [4.69, 9.17) is 14.2 Å². The van der Waals surface area contributed by atoms with Crippen LogP contribution in [0.15, 0.2) is 54.6 Å². The predicted octanol–water partition coefficient (Wildman–Crippen LogP) is 3.49. The zero-order chi connectivity index (χ0) is 20.2. The van der Waals surface area contributed by atoms with Crippen molar-refractivity contribution in [2.75, 3.05) is 13.2 Å². The van der Waals surface area contributed by atoms with Gasteiger partial charge in [-0.05, 0) is 42.7 Å². The van der Waals surface area contributed by atoms with Gasteiger partial charge >= 0.3 is 5.97 Å². The molecule has 6 nitrogen and oxygen atoms in total. The van der Waals surface area contributed by atoms with Gasteiger partial charge in [-0.15, -0.1) is 0 Å². The van der Waals surface area contributed by atoms with E-state index in [1.54, 1.807) is 24.3 Å². The van der Waals surface area contributed by atoms with Gasteiger partial charge in [0.25, 0.3) is 5.91 Å². The molecule has 2 aromatic carbocycles. The summed E-state index contributed by atoms with van der Waals surface area (Å²) < 4.78 is 16.0. The summed E-state index contributed by atoms with van der Waals surface area (Å²) in [5.74, 6) is 0.327. The molecule has 2 aromatic rings. The molecule has 2 rings (SSSR count). The van der Waals surface area contributed by atoms with Crippen molar-refractivity contribution in [2.24, 2.45) is 0 Å². The molecule has 150 valence electrons. The maximum atomic E-state index is 11.7. The van der Waals surface area contributed by atoms with Gasteiger partial charge in [0.15, 0.2) is 13.2 Å². The monoisotopic (exact) mass is 385 g/mol. The molecule has 1 amide bonds. The summed E-state index contributed by atoms with van der Waals surface area (Å²) in [7, 11) is 0. The van der Waals surface area contributed by atoms with Crippen LogP contribution in [-0.2, 0) is 20.9 Å². The van der Waals surface area contributed by atoms with Gasteiger partial charge in [0.2, 0.25) is 0 Å². The normalized spacial score (nSPS) is 10.4. The Balaban J connectivity index is 1.68. The molecule has 0 aliphatic rings. The fourth-order valence-electron chi connectivity index (χ4n) is 2.47. The largest absolute Gasteiger partial charge is 0.489 e. The lowest BCUT2D eigenvalue weighted by atomic mass is 10.2. The van der Waals surface area contributed by atoms with Crippen LogP contribution in [0.4, 0.5) is 0 Å². The lowest BCUT2D eigenvalue weighted by Gasteiger charge is -2.14. The molecule has 0 saturated heterocycles. The third-order valence-corrected chi connectivity index (χ3v) is 4.14. The highest BCUT2D eigenvalue weighted by molar-refractivity contribution is 5.81. The minimum absolute atomic E-state index is 0.102. The number of ether oxygens (including phenoxy) is 3. The topological polar surface area (TPSA) is 73.9 Å². The number of carbonyl (C=O) groups excluding carboxylic acids is 2. The molecule has 0 fully saturated rings. The van der Waals surface area contributed by atoms with Crippen LogP contribution < -0.4 is 14.8 Å². The third kappa shape index (κ3) is 7.70. The fraction of sp³-hybridized carbons (Fsp3) is 0.364. The van der Waals surface area contributed by atoms with Crippen LogP contribution in [0.3, 0.4) is 0 Å². The average molecular weight is 385 g/mol. The molecule has 0 radical (unpaired) electrons. The Morgan fingerprint density at radius 2 is 1.46 bits per heavy atom. The molecular weight excluding hydrogens is 358 g/mol. The van der Waals surface area contributed by atoms with Crippen molar-refractivity contribution in [2.45, 2.75) is 39.3 Å². The fourth-order valence-corrected chi connectivity index (χ4v) is 2.47. The van der Waals surface area contributed by atoms with Crippen molar-refractivity contribution >= 4 is 11.9 Å². The molecule has 0 atom stereocenters. The Hall–Kier alpha value is -3.02.